The van der Waals surface area contributed by atoms with Crippen molar-refractivity contribution in [3.8, 4) is 5.75 Å². The molecule has 162 valence electrons. The minimum atomic E-state index is -0.266. The van der Waals surface area contributed by atoms with Crippen molar-refractivity contribution in [3.05, 3.63) is 93.7 Å². The molecule has 0 atom stereocenters. The Morgan fingerprint density at radius 1 is 1.06 bits per heavy atom. The lowest BCUT2D eigenvalue weighted by Crippen LogP contribution is -2.27. The van der Waals surface area contributed by atoms with Gasteiger partial charge in [-0.3, -0.25) is 4.79 Å². The van der Waals surface area contributed by atoms with Gasteiger partial charge in [-0.2, -0.15) is 0 Å². The molecular weight excluding hydrogens is 459 g/mol. The molecule has 0 radical (unpaired) electrons. The first-order valence-electron chi connectivity index (χ1n) is 10.2. The second-order valence-electron chi connectivity index (χ2n) is 7.71. The third kappa shape index (κ3) is 7.10. The van der Waals surface area contributed by atoms with E-state index in [4.69, 9.17) is 4.74 Å². The van der Waals surface area contributed by atoms with Crippen LogP contribution in [-0.4, -0.2) is 12.5 Å². The highest BCUT2D eigenvalue weighted by molar-refractivity contribution is 9.10. The second-order valence-corrected chi connectivity index (χ2v) is 8.62. The summed E-state index contributed by atoms with van der Waals surface area (Å²) in [6.07, 6.45) is 0. The lowest BCUT2D eigenvalue weighted by Gasteiger charge is -2.14. The van der Waals surface area contributed by atoms with E-state index in [1.807, 2.05) is 36.4 Å². The Morgan fingerprint density at radius 3 is 2.58 bits per heavy atom. The van der Waals surface area contributed by atoms with Crippen LogP contribution in [0.2, 0.25) is 0 Å². The van der Waals surface area contributed by atoms with Gasteiger partial charge in [-0.25, -0.2) is 4.39 Å². The summed E-state index contributed by atoms with van der Waals surface area (Å²) in [6, 6.07) is 19.5. The maximum absolute atomic E-state index is 13.1. The van der Waals surface area contributed by atoms with Crippen LogP contribution in [0.3, 0.4) is 0 Å². The maximum atomic E-state index is 13.1. The molecule has 0 saturated carbocycles. The fourth-order valence-electron chi connectivity index (χ4n) is 2.94. The number of hydrogen-bond donors (Lipinski definition) is 2. The molecule has 6 heteroatoms. The Kier molecular flexibility index (Phi) is 8.06. The molecule has 0 aliphatic rings. The van der Waals surface area contributed by atoms with Gasteiger partial charge in [0.25, 0.3) is 5.91 Å². The first-order valence-corrected chi connectivity index (χ1v) is 11.0. The molecule has 3 rings (SSSR count). The molecule has 0 aliphatic carbocycles. The molecule has 2 N–H and O–H groups in total. The molecular formula is C25H26BrFN2O2. The average molecular weight is 485 g/mol. The lowest BCUT2D eigenvalue weighted by molar-refractivity contribution is 0.0949. The van der Waals surface area contributed by atoms with Gasteiger partial charge in [0.05, 0.1) is 0 Å². The molecule has 0 aromatic heterocycles. The molecule has 31 heavy (non-hydrogen) atoms. The Balaban J connectivity index is 1.66. The van der Waals surface area contributed by atoms with Crippen molar-refractivity contribution in [2.45, 2.75) is 27.0 Å². The summed E-state index contributed by atoms with van der Waals surface area (Å²) in [6.45, 7) is 5.64. The third-order valence-electron chi connectivity index (χ3n) is 4.61. The zero-order valence-electron chi connectivity index (χ0n) is 17.6. The standard InChI is InChI=1S/C25H26BrFN2O2/c1-17(2)14-29-25(30)19-4-3-5-23(13-19)28-15-20-12-21(26)8-11-24(20)31-16-18-6-9-22(27)10-7-18/h3-13,17,28H,14-16H2,1-2H3,(H,29,30). The van der Waals surface area contributed by atoms with E-state index in [0.29, 0.717) is 31.2 Å². The molecule has 0 fully saturated rings. The summed E-state index contributed by atoms with van der Waals surface area (Å²) in [7, 11) is 0. The van der Waals surface area contributed by atoms with E-state index in [2.05, 4.69) is 40.4 Å². The number of carbonyl (C=O) groups excluding carboxylic acids is 1. The summed E-state index contributed by atoms with van der Waals surface area (Å²) >= 11 is 3.51. The van der Waals surface area contributed by atoms with Crippen molar-refractivity contribution in [1.29, 1.82) is 0 Å². The zero-order valence-corrected chi connectivity index (χ0v) is 19.2. The van der Waals surface area contributed by atoms with Crippen LogP contribution in [0.15, 0.2) is 71.2 Å². The number of anilines is 1. The molecule has 0 aliphatic heterocycles. The van der Waals surface area contributed by atoms with Gasteiger partial charge in [-0.1, -0.05) is 48.0 Å². The quantitative estimate of drug-likeness (QED) is 0.382. The highest BCUT2D eigenvalue weighted by atomic mass is 79.9. The lowest BCUT2D eigenvalue weighted by atomic mass is 10.1. The zero-order chi connectivity index (χ0) is 22.2. The number of ether oxygens (including phenoxy) is 1. The van der Waals surface area contributed by atoms with E-state index in [0.717, 1.165) is 27.0 Å². The van der Waals surface area contributed by atoms with Crippen LogP contribution in [-0.2, 0) is 13.2 Å². The predicted molar refractivity (Wildman–Crippen MR) is 126 cm³/mol. The largest absolute Gasteiger partial charge is 0.489 e. The number of rotatable bonds is 9. The van der Waals surface area contributed by atoms with Crippen molar-refractivity contribution in [2.75, 3.05) is 11.9 Å². The van der Waals surface area contributed by atoms with Crippen molar-refractivity contribution in [1.82, 2.24) is 5.32 Å². The Hall–Kier alpha value is -2.86. The van der Waals surface area contributed by atoms with Crippen molar-refractivity contribution >= 4 is 27.5 Å². The normalized spacial score (nSPS) is 10.7. The fraction of sp³-hybridized carbons (Fsp3) is 0.240. The van der Waals surface area contributed by atoms with Crippen LogP contribution in [0.4, 0.5) is 10.1 Å². The third-order valence-corrected chi connectivity index (χ3v) is 5.10. The molecule has 0 heterocycles. The molecule has 0 bridgehead atoms. The molecule has 3 aromatic rings. The topological polar surface area (TPSA) is 50.4 Å². The van der Waals surface area contributed by atoms with Crippen molar-refractivity contribution < 1.29 is 13.9 Å². The number of benzene rings is 3. The number of hydrogen-bond acceptors (Lipinski definition) is 3. The van der Waals surface area contributed by atoms with Crippen molar-refractivity contribution in [2.24, 2.45) is 5.92 Å². The Bertz CT molecular complexity index is 1020. The monoisotopic (exact) mass is 484 g/mol. The predicted octanol–water partition coefficient (Wildman–Crippen LogP) is 6.17. The summed E-state index contributed by atoms with van der Waals surface area (Å²) < 4.78 is 20.0. The van der Waals surface area contributed by atoms with E-state index >= 15 is 0 Å². The first kappa shape index (κ1) is 22.8. The van der Waals surface area contributed by atoms with Gasteiger partial charge < -0.3 is 15.4 Å². The molecule has 3 aromatic carbocycles. The smallest absolute Gasteiger partial charge is 0.251 e. The Labute approximate surface area is 191 Å². The van der Waals surface area contributed by atoms with Gasteiger partial charge >= 0.3 is 0 Å². The molecule has 0 saturated heterocycles. The van der Waals surface area contributed by atoms with Crippen LogP contribution >= 0.6 is 15.9 Å². The average Bonchev–Trinajstić information content (AvgIpc) is 2.76. The van der Waals surface area contributed by atoms with Gasteiger partial charge in [0.1, 0.15) is 18.2 Å². The van der Waals surface area contributed by atoms with Gasteiger partial charge in [0.2, 0.25) is 0 Å². The molecule has 0 spiro atoms. The number of halogens is 2. The van der Waals surface area contributed by atoms with Gasteiger partial charge in [0.15, 0.2) is 0 Å². The van der Waals surface area contributed by atoms with Crippen LogP contribution in [0.1, 0.15) is 35.3 Å². The van der Waals surface area contributed by atoms with Crippen LogP contribution in [0.25, 0.3) is 0 Å². The second kappa shape index (κ2) is 11.0. The number of carbonyl (C=O) groups is 1. The molecule has 0 unspecified atom stereocenters. The van der Waals surface area contributed by atoms with Crippen LogP contribution in [0.5, 0.6) is 5.75 Å². The van der Waals surface area contributed by atoms with E-state index in [9.17, 15) is 9.18 Å². The number of nitrogens with one attached hydrogen (secondary N) is 2. The minimum absolute atomic E-state index is 0.0804. The summed E-state index contributed by atoms with van der Waals surface area (Å²) in [4.78, 5) is 12.3. The maximum Gasteiger partial charge on any atom is 0.251 e. The highest BCUT2D eigenvalue weighted by Crippen LogP contribution is 2.25. The minimum Gasteiger partial charge on any atom is -0.489 e. The van der Waals surface area contributed by atoms with Crippen LogP contribution < -0.4 is 15.4 Å². The SMILES string of the molecule is CC(C)CNC(=O)c1cccc(NCc2cc(Br)ccc2OCc2ccc(F)cc2)c1. The highest BCUT2D eigenvalue weighted by Gasteiger charge is 2.09. The Morgan fingerprint density at radius 2 is 1.84 bits per heavy atom. The summed E-state index contributed by atoms with van der Waals surface area (Å²) in [5.41, 5.74) is 3.32. The van der Waals surface area contributed by atoms with E-state index in [1.165, 1.54) is 12.1 Å². The molecule has 4 nitrogen and oxygen atoms in total. The van der Waals surface area contributed by atoms with Gasteiger partial charge in [0, 0.05) is 34.4 Å². The van der Waals surface area contributed by atoms with Crippen molar-refractivity contribution in [3.63, 3.8) is 0 Å². The first-order chi connectivity index (χ1) is 14.9. The number of amides is 1. The van der Waals surface area contributed by atoms with Gasteiger partial charge in [-0.05, 0) is 60.0 Å². The van der Waals surface area contributed by atoms with E-state index in [1.54, 1.807) is 18.2 Å². The van der Waals surface area contributed by atoms with E-state index in [-0.39, 0.29) is 11.7 Å². The van der Waals surface area contributed by atoms with Crippen LogP contribution in [0, 0.1) is 11.7 Å². The van der Waals surface area contributed by atoms with Gasteiger partial charge in [-0.15, -0.1) is 0 Å². The fourth-order valence-corrected chi connectivity index (χ4v) is 3.34. The summed E-state index contributed by atoms with van der Waals surface area (Å²) in [5, 5.41) is 6.30. The van der Waals surface area contributed by atoms with E-state index < -0.39 is 0 Å². The summed E-state index contributed by atoms with van der Waals surface area (Å²) in [5.74, 6) is 0.793. The molecule has 1 amide bonds.